The SMILES string of the molecule is Cc1ccc2c(c1)C(=O)C(O)=[N+]2Cc1ccc(OC(F)(F)F)cc1. The van der Waals surface area contributed by atoms with Gasteiger partial charge in [0.15, 0.2) is 6.54 Å². The summed E-state index contributed by atoms with van der Waals surface area (Å²) in [6.07, 6.45) is -4.74. The summed E-state index contributed by atoms with van der Waals surface area (Å²) >= 11 is 0. The molecule has 0 aliphatic carbocycles. The van der Waals surface area contributed by atoms with Gasteiger partial charge in [-0.1, -0.05) is 6.07 Å². The van der Waals surface area contributed by atoms with Crippen LogP contribution < -0.4 is 4.74 Å². The fraction of sp³-hybridized carbons (Fsp3) is 0.176. The molecule has 2 aromatic rings. The number of carbonyl (C=O) groups is 1. The largest absolute Gasteiger partial charge is 0.573 e. The maximum Gasteiger partial charge on any atom is 0.573 e. The fourth-order valence-electron chi connectivity index (χ4n) is 2.56. The molecule has 0 saturated heterocycles. The predicted octanol–water partition coefficient (Wildman–Crippen LogP) is 3.89. The van der Waals surface area contributed by atoms with Crippen molar-refractivity contribution >= 4 is 17.4 Å². The number of hydrogen-bond donors (Lipinski definition) is 1. The number of carbonyl (C=O) groups excluding carboxylic acids is 1. The second-order valence-corrected chi connectivity index (χ2v) is 5.45. The molecule has 0 radical (unpaired) electrons. The molecule has 0 fully saturated rings. The van der Waals surface area contributed by atoms with Gasteiger partial charge in [-0.3, -0.25) is 4.79 Å². The van der Waals surface area contributed by atoms with Crippen LogP contribution in [-0.4, -0.2) is 27.7 Å². The van der Waals surface area contributed by atoms with E-state index in [-0.39, 0.29) is 12.3 Å². The first-order valence-electron chi connectivity index (χ1n) is 7.08. The molecule has 1 N–H and O–H groups in total. The standard InChI is InChI=1S/C17H12F3NO3/c1-10-2-7-14-13(8-10)15(22)16(23)21(14)9-11-3-5-12(6-4-11)24-17(18,19)20/h2-8H,9H2,1H3/p+1. The van der Waals surface area contributed by atoms with Gasteiger partial charge in [0, 0.05) is 11.6 Å². The molecule has 24 heavy (non-hydrogen) atoms. The highest BCUT2D eigenvalue weighted by Crippen LogP contribution is 2.29. The van der Waals surface area contributed by atoms with E-state index in [1.54, 1.807) is 12.1 Å². The predicted molar refractivity (Wildman–Crippen MR) is 79.9 cm³/mol. The highest BCUT2D eigenvalue weighted by molar-refractivity contribution is 6.43. The van der Waals surface area contributed by atoms with Gasteiger partial charge < -0.3 is 9.84 Å². The number of ketones is 1. The number of halogens is 3. The summed E-state index contributed by atoms with van der Waals surface area (Å²) in [5.41, 5.74) is 2.49. The number of Topliss-reactive ketones (excluding diaryl/α,β-unsaturated/α-hetero) is 1. The summed E-state index contributed by atoms with van der Waals surface area (Å²) in [7, 11) is 0. The third-order valence-electron chi connectivity index (χ3n) is 3.64. The first-order valence-corrected chi connectivity index (χ1v) is 7.08. The van der Waals surface area contributed by atoms with Crippen LogP contribution in [0.15, 0.2) is 42.5 Å². The number of ether oxygens (including phenoxy) is 1. The van der Waals surface area contributed by atoms with Crippen molar-refractivity contribution in [2.45, 2.75) is 19.8 Å². The number of benzene rings is 2. The van der Waals surface area contributed by atoms with Crippen molar-refractivity contribution in [3.8, 4) is 5.75 Å². The van der Waals surface area contributed by atoms with Gasteiger partial charge in [0.2, 0.25) is 5.69 Å². The molecule has 7 heteroatoms. The van der Waals surface area contributed by atoms with E-state index in [2.05, 4.69) is 4.74 Å². The topological polar surface area (TPSA) is 49.5 Å². The van der Waals surface area contributed by atoms with E-state index >= 15 is 0 Å². The van der Waals surface area contributed by atoms with Crippen molar-refractivity contribution in [1.29, 1.82) is 0 Å². The van der Waals surface area contributed by atoms with Crippen LogP contribution in [0, 0.1) is 6.92 Å². The van der Waals surface area contributed by atoms with E-state index in [0.29, 0.717) is 16.8 Å². The monoisotopic (exact) mass is 336 g/mol. The van der Waals surface area contributed by atoms with Gasteiger partial charge in [0.05, 0.1) is 0 Å². The van der Waals surface area contributed by atoms with Crippen molar-refractivity contribution < 1.29 is 32.4 Å². The molecule has 4 nitrogen and oxygen atoms in total. The number of fused-ring (bicyclic) bond motifs is 1. The number of aryl methyl sites for hydroxylation is 1. The molecule has 1 heterocycles. The second-order valence-electron chi connectivity index (χ2n) is 5.45. The number of nitrogens with zero attached hydrogens (tertiary/aromatic N) is 1. The van der Waals surface area contributed by atoms with Crippen molar-refractivity contribution in [1.82, 2.24) is 0 Å². The molecule has 0 bridgehead atoms. The third-order valence-corrected chi connectivity index (χ3v) is 3.64. The van der Waals surface area contributed by atoms with E-state index in [1.165, 1.54) is 28.8 Å². The van der Waals surface area contributed by atoms with Crippen LogP contribution >= 0.6 is 0 Å². The van der Waals surface area contributed by atoms with Gasteiger partial charge in [-0.05, 0) is 42.8 Å². The van der Waals surface area contributed by atoms with E-state index in [0.717, 1.165) is 5.56 Å². The number of aliphatic hydroxyl groups excluding tert-OH is 1. The Balaban J connectivity index is 1.85. The minimum atomic E-state index is -4.74. The molecule has 0 amide bonds. The van der Waals surface area contributed by atoms with E-state index in [1.807, 2.05) is 13.0 Å². The molecule has 0 aromatic heterocycles. The first-order chi connectivity index (χ1) is 11.2. The molecule has 0 unspecified atom stereocenters. The molecule has 1 aliphatic heterocycles. The van der Waals surface area contributed by atoms with E-state index in [4.69, 9.17) is 0 Å². The molecule has 0 saturated carbocycles. The Morgan fingerprint density at radius 2 is 1.79 bits per heavy atom. The number of rotatable bonds is 3. The first kappa shape index (κ1) is 16.0. The van der Waals surface area contributed by atoms with Crippen molar-refractivity contribution in [3.05, 3.63) is 59.2 Å². The maximum absolute atomic E-state index is 12.2. The summed E-state index contributed by atoms with van der Waals surface area (Å²) in [4.78, 5) is 12.1. The molecule has 1 aliphatic rings. The lowest BCUT2D eigenvalue weighted by molar-refractivity contribution is -0.462. The Morgan fingerprint density at radius 1 is 1.12 bits per heavy atom. The summed E-state index contributed by atoms with van der Waals surface area (Å²) in [5.74, 6) is -1.19. The zero-order valence-corrected chi connectivity index (χ0v) is 12.6. The Hall–Kier alpha value is -2.83. The van der Waals surface area contributed by atoms with Gasteiger partial charge >= 0.3 is 18.0 Å². The zero-order chi connectivity index (χ0) is 17.5. The van der Waals surface area contributed by atoms with E-state index in [9.17, 15) is 23.1 Å². The molecular formula is C17H13F3NO3+. The molecular weight excluding hydrogens is 323 g/mol. The lowest BCUT2D eigenvalue weighted by atomic mass is 10.1. The maximum atomic E-state index is 12.2. The van der Waals surface area contributed by atoms with Crippen LogP contribution in [0.2, 0.25) is 0 Å². The second kappa shape index (κ2) is 5.67. The Kier molecular flexibility index (Phi) is 3.79. The van der Waals surface area contributed by atoms with Crippen LogP contribution in [0.1, 0.15) is 21.5 Å². The third kappa shape index (κ3) is 3.10. The Morgan fingerprint density at radius 3 is 2.42 bits per heavy atom. The summed E-state index contributed by atoms with van der Waals surface area (Å²) in [6, 6.07) is 10.5. The lowest BCUT2D eigenvalue weighted by Gasteiger charge is -2.08. The highest BCUT2D eigenvalue weighted by Gasteiger charge is 2.38. The number of alkyl halides is 3. The Labute approximate surface area is 135 Å². The fourth-order valence-corrected chi connectivity index (χ4v) is 2.56. The summed E-state index contributed by atoms with van der Waals surface area (Å²) in [5, 5.41) is 10.1. The van der Waals surface area contributed by atoms with Gasteiger partial charge in [-0.2, -0.15) is 4.58 Å². The van der Waals surface area contributed by atoms with Crippen LogP contribution in [0.4, 0.5) is 18.9 Å². The molecule has 0 spiro atoms. The average molecular weight is 336 g/mol. The van der Waals surface area contributed by atoms with Crippen LogP contribution in [0.25, 0.3) is 0 Å². The van der Waals surface area contributed by atoms with Gasteiger partial charge in [0.1, 0.15) is 11.3 Å². The molecule has 3 rings (SSSR count). The highest BCUT2D eigenvalue weighted by atomic mass is 19.4. The smallest absolute Gasteiger partial charge is 0.457 e. The number of aliphatic hydroxyl groups is 1. The van der Waals surface area contributed by atoms with Crippen molar-refractivity contribution in [2.24, 2.45) is 0 Å². The minimum Gasteiger partial charge on any atom is -0.457 e. The Bertz CT molecular complexity index is 839. The van der Waals surface area contributed by atoms with Crippen molar-refractivity contribution in [2.75, 3.05) is 0 Å². The van der Waals surface area contributed by atoms with Crippen LogP contribution in [0.5, 0.6) is 5.75 Å². The van der Waals surface area contributed by atoms with Gasteiger partial charge in [0.25, 0.3) is 0 Å². The quantitative estimate of drug-likeness (QED) is 0.865. The zero-order valence-electron chi connectivity index (χ0n) is 12.6. The summed E-state index contributed by atoms with van der Waals surface area (Å²) in [6.45, 7) is 1.99. The van der Waals surface area contributed by atoms with Crippen molar-refractivity contribution in [3.63, 3.8) is 0 Å². The van der Waals surface area contributed by atoms with E-state index < -0.39 is 18.0 Å². The number of hydrogen-bond acceptors (Lipinski definition) is 2. The summed E-state index contributed by atoms with van der Waals surface area (Å²) < 4.78 is 41.7. The average Bonchev–Trinajstić information content (AvgIpc) is 2.73. The minimum absolute atomic E-state index is 0.153. The lowest BCUT2D eigenvalue weighted by Crippen LogP contribution is -2.18. The molecule has 0 atom stereocenters. The van der Waals surface area contributed by atoms with Gasteiger partial charge in [-0.15, -0.1) is 13.2 Å². The van der Waals surface area contributed by atoms with Crippen LogP contribution in [-0.2, 0) is 6.54 Å². The molecule has 124 valence electrons. The van der Waals surface area contributed by atoms with Crippen LogP contribution in [0.3, 0.4) is 0 Å². The normalized spacial score (nSPS) is 14.1. The molecule has 2 aromatic carbocycles. The van der Waals surface area contributed by atoms with Gasteiger partial charge in [-0.25, -0.2) is 0 Å².